The Morgan fingerprint density at radius 1 is 1.19 bits per heavy atom. The molecule has 1 aromatic heterocycles. The lowest BCUT2D eigenvalue weighted by molar-refractivity contribution is 0.0824. The zero-order valence-corrected chi connectivity index (χ0v) is 19.0. The number of nitrogens with one attached hydrogen (secondary N) is 2. The Kier molecular flexibility index (Phi) is 6.10. The maximum atomic E-state index is 12.6. The Bertz CT molecular complexity index is 1190. The minimum atomic E-state index is -0.169. The highest BCUT2D eigenvalue weighted by Crippen LogP contribution is 2.35. The van der Waals surface area contributed by atoms with Gasteiger partial charge in [0.2, 0.25) is 0 Å². The van der Waals surface area contributed by atoms with Crippen LogP contribution in [0.5, 0.6) is 17.2 Å². The van der Waals surface area contributed by atoms with Gasteiger partial charge in [-0.1, -0.05) is 18.2 Å². The quantitative estimate of drug-likeness (QED) is 0.499. The minimum absolute atomic E-state index is 0.169. The van der Waals surface area contributed by atoms with E-state index < -0.39 is 0 Å². The van der Waals surface area contributed by atoms with Crippen molar-refractivity contribution >= 4 is 34.1 Å². The van der Waals surface area contributed by atoms with Crippen LogP contribution in [0.1, 0.15) is 23.2 Å². The van der Waals surface area contributed by atoms with E-state index in [4.69, 9.17) is 21.1 Å². The van der Waals surface area contributed by atoms with Crippen LogP contribution in [0.15, 0.2) is 55.0 Å². The van der Waals surface area contributed by atoms with Crippen molar-refractivity contribution in [3.8, 4) is 17.2 Å². The number of amides is 1. The molecule has 3 aromatic rings. The molecule has 1 aliphatic carbocycles. The summed E-state index contributed by atoms with van der Waals surface area (Å²) in [7, 11) is 4.92. The molecule has 1 heterocycles. The second kappa shape index (κ2) is 8.96. The number of methoxy groups -OCH3 is 1. The second-order valence-electron chi connectivity index (χ2n) is 7.84. The van der Waals surface area contributed by atoms with Crippen molar-refractivity contribution in [2.45, 2.75) is 18.9 Å². The van der Waals surface area contributed by atoms with Crippen molar-refractivity contribution < 1.29 is 14.3 Å². The van der Waals surface area contributed by atoms with E-state index in [1.54, 1.807) is 44.6 Å². The standard InChI is InChI=1S/C24H25ClN4O3/c1-14(27-15-5-6-15)28-20-8-7-16(11-19(20)25)32-22-9-10-26-21-13-23(31-4)18(12-17(21)22)24(30)29(2)3/h7-13,15,27-28H,1,5-6H2,2-4H3. The van der Waals surface area contributed by atoms with Gasteiger partial charge in [0, 0.05) is 43.9 Å². The van der Waals surface area contributed by atoms with Crippen LogP contribution in [0, 0.1) is 0 Å². The van der Waals surface area contributed by atoms with E-state index in [1.807, 2.05) is 12.1 Å². The van der Waals surface area contributed by atoms with Crippen LogP contribution < -0.4 is 20.1 Å². The Morgan fingerprint density at radius 3 is 2.62 bits per heavy atom. The fourth-order valence-electron chi connectivity index (χ4n) is 3.27. The summed E-state index contributed by atoms with van der Waals surface area (Å²) >= 11 is 6.46. The Balaban J connectivity index is 1.62. The van der Waals surface area contributed by atoms with Crippen molar-refractivity contribution in [2.75, 3.05) is 26.5 Å². The van der Waals surface area contributed by atoms with E-state index in [-0.39, 0.29) is 5.91 Å². The van der Waals surface area contributed by atoms with Gasteiger partial charge in [0.1, 0.15) is 17.2 Å². The number of carbonyl (C=O) groups excluding carboxylic acids is 1. The molecule has 7 nitrogen and oxygen atoms in total. The number of aromatic nitrogens is 1. The van der Waals surface area contributed by atoms with Gasteiger partial charge in [-0.25, -0.2) is 0 Å². The topological polar surface area (TPSA) is 75.7 Å². The first-order valence-electron chi connectivity index (χ1n) is 10.2. The maximum Gasteiger partial charge on any atom is 0.257 e. The van der Waals surface area contributed by atoms with E-state index >= 15 is 0 Å². The molecule has 0 saturated heterocycles. The predicted molar refractivity (Wildman–Crippen MR) is 127 cm³/mol. The first-order valence-corrected chi connectivity index (χ1v) is 10.6. The zero-order chi connectivity index (χ0) is 22.8. The molecule has 0 spiro atoms. The SMILES string of the molecule is C=C(Nc1ccc(Oc2ccnc3cc(OC)c(C(=O)N(C)C)cc23)cc1Cl)NC1CC1. The van der Waals surface area contributed by atoms with Crippen LogP contribution in [-0.4, -0.2) is 43.0 Å². The molecule has 0 radical (unpaired) electrons. The molecule has 0 unspecified atom stereocenters. The maximum absolute atomic E-state index is 12.6. The molecule has 32 heavy (non-hydrogen) atoms. The number of carbonyl (C=O) groups is 1. The number of halogens is 1. The Hall–Kier alpha value is -3.45. The number of nitrogens with zero attached hydrogens (tertiary/aromatic N) is 2. The minimum Gasteiger partial charge on any atom is -0.496 e. The zero-order valence-electron chi connectivity index (χ0n) is 18.2. The summed E-state index contributed by atoms with van der Waals surface area (Å²) in [5, 5.41) is 7.68. The number of pyridine rings is 1. The highest BCUT2D eigenvalue weighted by Gasteiger charge is 2.21. The molecule has 2 aromatic carbocycles. The molecular formula is C24H25ClN4O3. The number of fused-ring (bicyclic) bond motifs is 1. The molecule has 2 N–H and O–H groups in total. The lowest BCUT2D eigenvalue weighted by Gasteiger charge is -2.16. The normalized spacial score (nSPS) is 12.9. The van der Waals surface area contributed by atoms with Gasteiger partial charge >= 0.3 is 0 Å². The molecule has 1 aliphatic rings. The van der Waals surface area contributed by atoms with Gasteiger partial charge in [-0.2, -0.15) is 0 Å². The number of ether oxygens (including phenoxy) is 2. The third kappa shape index (κ3) is 4.73. The summed E-state index contributed by atoms with van der Waals surface area (Å²) in [5.41, 5.74) is 1.82. The molecule has 0 aliphatic heterocycles. The van der Waals surface area contributed by atoms with Gasteiger partial charge in [0.15, 0.2) is 0 Å². The average Bonchev–Trinajstić information content (AvgIpc) is 3.58. The van der Waals surface area contributed by atoms with Crippen LogP contribution in [0.4, 0.5) is 5.69 Å². The van der Waals surface area contributed by atoms with Crippen molar-refractivity contribution in [3.05, 3.63) is 65.6 Å². The predicted octanol–water partition coefficient (Wildman–Crippen LogP) is 5.03. The van der Waals surface area contributed by atoms with Crippen molar-refractivity contribution in [2.24, 2.45) is 0 Å². The third-order valence-corrected chi connectivity index (χ3v) is 5.38. The smallest absolute Gasteiger partial charge is 0.257 e. The molecule has 4 rings (SSSR count). The molecule has 1 fully saturated rings. The van der Waals surface area contributed by atoms with E-state index in [2.05, 4.69) is 22.2 Å². The summed E-state index contributed by atoms with van der Waals surface area (Å²) in [6.07, 6.45) is 3.97. The summed E-state index contributed by atoms with van der Waals surface area (Å²) < 4.78 is 11.5. The number of hydrogen-bond acceptors (Lipinski definition) is 6. The van der Waals surface area contributed by atoms with Crippen LogP contribution in [0.25, 0.3) is 10.9 Å². The average molecular weight is 453 g/mol. The van der Waals surface area contributed by atoms with Crippen molar-refractivity contribution in [3.63, 3.8) is 0 Å². The summed E-state index contributed by atoms with van der Waals surface area (Å²) in [6, 6.07) is 11.1. The van der Waals surface area contributed by atoms with Crippen LogP contribution in [0.3, 0.4) is 0 Å². The fourth-order valence-corrected chi connectivity index (χ4v) is 3.49. The van der Waals surface area contributed by atoms with Crippen molar-refractivity contribution in [1.29, 1.82) is 0 Å². The summed E-state index contributed by atoms with van der Waals surface area (Å²) in [4.78, 5) is 18.5. The monoisotopic (exact) mass is 452 g/mol. The Labute approximate surface area is 192 Å². The van der Waals surface area contributed by atoms with Crippen LogP contribution >= 0.6 is 11.6 Å². The molecule has 1 saturated carbocycles. The molecule has 0 atom stereocenters. The van der Waals surface area contributed by atoms with E-state index in [1.165, 1.54) is 12.0 Å². The van der Waals surface area contributed by atoms with Gasteiger partial charge in [0.25, 0.3) is 5.91 Å². The number of anilines is 1. The number of hydrogen-bond donors (Lipinski definition) is 2. The van der Waals surface area contributed by atoms with E-state index in [0.717, 1.165) is 24.4 Å². The highest BCUT2D eigenvalue weighted by atomic mass is 35.5. The lowest BCUT2D eigenvalue weighted by Crippen LogP contribution is -2.22. The largest absolute Gasteiger partial charge is 0.496 e. The van der Waals surface area contributed by atoms with Crippen LogP contribution in [0.2, 0.25) is 5.02 Å². The van der Waals surface area contributed by atoms with E-state index in [9.17, 15) is 4.79 Å². The second-order valence-corrected chi connectivity index (χ2v) is 8.25. The van der Waals surface area contributed by atoms with Gasteiger partial charge in [-0.05, 0) is 37.1 Å². The fraction of sp³-hybridized carbons (Fsp3) is 0.250. The summed E-state index contributed by atoms with van der Waals surface area (Å²) in [6.45, 7) is 3.98. The van der Waals surface area contributed by atoms with Crippen molar-refractivity contribution in [1.82, 2.24) is 15.2 Å². The van der Waals surface area contributed by atoms with Gasteiger partial charge < -0.3 is 25.0 Å². The third-order valence-electron chi connectivity index (χ3n) is 5.07. The molecule has 1 amide bonds. The first kappa shape index (κ1) is 21.8. The summed E-state index contributed by atoms with van der Waals surface area (Å²) in [5.74, 6) is 2.12. The highest BCUT2D eigenvalue weighted by molar-refractivity contribution is 6.33. The van der Waals surface area contributed by atoms with Gasteiger partial charge in [0.05, 0.1) is 34.7 Å². The molecular weight excluding hydrogens is 428 g/mol. The van der Waals surface area contributed by atoms with Gasteiger partial charge in [-0.15, -0.1) is 0 Å². The molecule has 8 heteroatoms. The Morgan fingerprint density at radius 2 is 1.97 bits per heavy atom. The number of benzene rings is 2. The molecule has 0 bridgehead atoms. The lowest BCUT2D eigenvalue weighted by atomic mass is 10.1. The first-order chi connectivity index (χ1) is 15.4. The number of rotatable bonds is 8. The van der Waals surface area contributed by atoms with Gasteiger partial charge in [-0.3, -0.25) is 9.78 Å². The molecule has 166 valence electrons. The van der Waals surface area contributed by atoms with Crippen LogP contribution in [-0.2, 0) is 0 Å². The van der Waals surface area contributed by atoms with E-state index in [0.29, 0.717) is 44.8 Å².